The molecule has 1 saturated carbocycles. The second kappa shape index (κ2) is 5.71. The Balaban J connectivity index is 1.69. The van der Waals surface area contributed by atoms with Crippen molar-refractivity contribution in [3.63, 3.8) is 0 Å². The highest BCUT2D eigenvalue weighted by Gasteiger charge is 2.44. The predicted octanol–water partition coefficient (Wildman–Crippen LogP) is 2.58. The number of hydrogen-bond acceptors (Lipinski definition) is 3. The summed E-state index contributed by atoms with van der Waals surface area (Å²) in [4.78, 5) is 0. The molecule has 0 aromatic heterocycles. The van der Waals surface area contributed by atoms with Gasteiger partial charge in [-0.2, -0.15) is 0 Å². The highest BCUT2D eigenvalue weighted by Crippen LogP contribution is 2.45. The molecule has 3 rings (SSSR count). The Morgan fingerprint density at radius 2 is 2.11 bits per heavy atom. The van der Waals surface area contributed by atoms with Gasteiger partial charge in [-0.1, -0.05) is 13.3 Å². The normalized spacial score (nSPS) is 47.7. The Bertz CT molecular complexity index is 301. The molecule has 2 aliphatic heterocycles. The number of rotatable bonds is 2. The molecule has 0 aromatic carbocycles. The Kier molecular flexibility index (Phi) is 4.16. The van der Waals surface area contributed by atoms with Crippen molar-refractivity contribution in [1.82, 2.24) is 0 Å². The molecule has 5 atom stereocenters. The molecule has 0 aromatic rings. The van der Waals surface area contributed by atoms with Crippen LogP contribution in [0.3, 0.4) is 0 Å². The standard InChI is InChI=1S/C16H29NO2/c1-12-2-3-14(10-17)15(8-12)13-4-6-19-16(9-13)5-7-18-11-16/h12-15H,2-11,17H2,1H3. The fourth-order valence-electron chi connectivity index (χ4n) is 4.65. The Labute approximate surface area is 117 Å². The summed E-state index contributed by atoms with van der Waals surface area (Å²) in [5.41, 5.74) is 6.09. The average Bonchev–Trinajstić information content (AvgIpc) is 2.86. The van der Waals surface area contributed by atoms with Crippen molar-refractivity contribution < 1.29 is 9.47 Å². The van der Waals surface area contributed by atoms with E-state index in [9.17, 15) is 0 Å². The van der Waals surface area contributed by atoms with Crippen LogP contribution in [-0.2, 0) is 9.47 Å². The molecular formula is C16H29NO2. The molecule has 1 aliphatic carbocycles. The van der Waals surface area contributed by atoms with Crippen molar-refractivity contribution in [2.24, 2.45) is 29.4 Å². The molecule has 2 saturated heterocycles. The molecule has 1 spiro atoms. The molecule has 3 nitrogen and oxygen atoms in total. The maximum Gasteiger partial charge on any atom is 0.0939 e. The molecule has 3 heteroatoms. The van der Waals surface area contributed by atoms with Gasteiger partial charge in [0.15, 0.2) is 0 Å². The van der Waals surface area contributed by atoms with Crippen LogP contribution in [-0.4, -0.2) is 32.0 Å². The van der Waals surface area contributed by atoms with Gasteiger partial charge in [-0.15, -0.1) is 0 Å². The summed E-state index contributed by atoms with van der Waals surface area (Å²) >= 11 is 0. The van der Waals surface area contributed by atoms with Gasteiger partial charge in [-0.25, -0.2) is 0 Å². The second-order valence-corrected chi connectivity index (χ2v) is 7.16. The highest BCUT2D eigenvalue weighted by molar-refractivity contribution is 4.94. The second-order valence-electron chi connectivity index (χ2n) is 7.16. The first kappa shape index (κ1) is 13.8. The van der Waals surface area contributed by atoms with Crippen molar-refractivity contribution in [1.29, 1.82) is 0 Å². The number of ether oxygens (including phenoxy) is 2. The van der Waals surface area contributed by atoms with E-state index < -0.39 is 0 Å². The predicted molar refractivity (Wildman–Crippen MR) is 75.9 cm³/mol. The SMILES string of the molecule is CC1CCC(CN)C(C2CCOC3(CCOC3)C2)C1. The van der Waals surface area contributed by atoms with Crippen molar-refractivity contribution in [2.45, 2.75) is 51.0 Å². The van der Waals surface area contributed by atoms with Crippen LogP contribution < -0.4 is 5.73 Å². The van der Waals surface area contributed by atoms with Crippen LogP contribution in [0.2, 0.25) is 0 Å². The largest absolute Gasteiger partial charge is 0.378 e. The lowest BCUT2D eigenvalue weighted by Crippen LogP contribution is -2.45. The van der Waals surface area contributed by atoms with Gasteiger partial charge in [0.1, 0.15) is 0 Å². The van der Waals surface area contributed by atoms with Crippen LogP contribution >= 0.6 is 0 Å². The Hall–Kier alpha value is -0.120. The lowest BCUT2D eigenvalue weighted by molar-refractivity contribution is -0.114. The molecule has 2 N–H and O–H groups in total. The Morgan fingerprint density at radius 1 is 1.21 bits per heavy atom. The summed E-state index contributed by atoms with van der Waals surface area (Å²) < 4.78 is 11.7. The van der Waals surface area contributed by atoms with E-state index in [-0.39, 0.29) is 5.60 Å². The lowest BCUT2D eigenvalue weighted by Gasteiger charge is -2.45. The first-order valence-electron chi connectivity index (χ1n) is 8.14. The van der Waals surface area contributed by atoms with Gasteiger partial charge in [0.2, 0.25) is 0 Å². The third kappa shape index (κ3) is 2.84. The van der Waals surface area contributed by atoms with Crippen LogP contribution in [0.25, 0.3) is 0 Å². The summed E-state index contributed by atoms with van der Waals surface area (Å²) in [5, 5.41) is 0. The molecule has 110 valence electrons. The van der Waals surface area contributed by atoms with Gasteiger partial charge >= 0.3 is 0 Å². The molecule has 3 aliphatic rings. The van der Waals surface area contributed by atoms with Gasteiger partial charge in [0.25, 0.3) is 0 Å². The fraction of sp³-hybridized carbons (Fsp3) is 1.00. The van der Waals surface area contributed by atoms with E-state index in [2.05, 4.69) is 6.92 Å². The Morgan fingerprint density at radius 3 is 2.84 bits per heavy atom. The third-order valence-electron chi connectivity index (χ3n) is 5.82. The van der Waals surface area contributed by atoms with Crippen LogP contribution in [0.1, 0.15) is 45.4 Å². The molecule has 0 bridgehead atoms. The number of nitrogens with two attached hydrogens (primary N) is 1. The summed E-state index contributed by atoms with van der Waals surface area (Å²) in [6.07, 6.45) is 7.62. The first-order chi connectivity index (χ1) is 9.22. The van der Waals surface area contributed by atoms with E-state index in [1.54, 1.807) is 0 Å². The molecular weight excluding hydrogens is 238 g/mol. The zero-order valence-corrected chi connectivity index (χ0v) is 12.3. The van der Waals surface area contributed by atoms with Crippen LogP contribution in [0.4, 0.5) is 0 Å². The molecule has 2 heterocycles. The molecule has 5 unspecified atom stereocenters. The van der Waals surface area contributed by atoms with E-state index >= 15 is 0 Å². The average molecular weight is 267 g/mol. The first-order valence-corrected chi connectivity index (χ1v) is 8.14. The highest BCUT2D eigenvalue weighted by atomic mass is 16.6. The van der Waals surface area contributed by atoms with E-state index in [1.807, 2.05) is 0 Å². The topological polar surface area (TPSA) is 44.5 Å². The minimum absolute atomic E-state index is 0.0583. The summed E-state index contributed by atoms with van der Waals surface area (Å²) in [7, 11) is 0. The zero-order valence-electron chi connectivity index (χ0n) is 12.3. The summed E-state index contributed by atoms with van der Waals surface area (Å²) in [5.74, 6) is 3.27. The van der Waals surface area contributed by atoms with Gasteiger partial charge in [0, 0.05) is 19.6 Å². The maximum absolute atomic E-state index is 6.09. The minimum Gasteiger partial charge on any atom is -0.378 e. The smallest absolute Gasteiger partial charge is 0.0939 e. The van der Waals surface area contributed by atoms with Crippen molar-refractivity contribution in [3.05, 3.63) is 0 Å². The quantitative estimate of drug-likeness (QED) is 0.836. The van der Waals surface area contributed by atoms with E-state index in [4.69, 9.17) is 15.2 Å². The van der Waals surface area contributed by atoms with Gasteiger partial charge < -0.3 is 15.2 Å². The monoisotopic (exact) mass is 267 g/mol. The third-order valence-corrected chi connectivity index (χ3v) is 5.82. The molecule has 3 fully saturated rings. The van der Waals surface area contributed by atoms with Crippen molar-refractivity contribution >= 4 is 0 Å². The minimum atomic E-state index is 0.0583. The lowest BCUT2D eigenvalue weighted by atomic mass is 9.65. The van der Waals surface area contributed by atoms with Crippen molar-refractivity contribution in [3.8, 4) is 0 Å². The fourth-order valence-corrected chi connectivity index (χ4v) is 4.65. The van der Waals surface area contributed by atoms with Crippen molar-refractivity contribution in [2.75, 3.05) is 26.4 Å². The molecule has 19 heavy (non-hydrogen) atoms. The van der Waals surface area contributed by atoms with Gasteiger partial charge in [-0.05, 0) is 55.9 Å². The van der Waals surface area contributed by atoms with Crippen LogP contribution in [0, 0.1) is 23.7 Å². The van der Waals surface area contributed by atoms with Crippen LogP contribution in [0.5, 0.6) is 0 Å². The molecule has 0 radical (unpaired) electrons. The molecule has 0 amide bonds. The van der Waals surface area contributed by atoms with E-state index in [0.717, 1.165) is 56.5 Å². The number of hydrogen-bond donors (Lipinski definition) is 1. The van der Waals surface area contributed by atoms with Gasteiger partial charge in [-0.3, -0.25) is 0 Å². The van der Waals surface area contributed by atoms with E-state index in [1.165, 1.54) is 32.1 Å². The zero-order chi connectivity index (χ0) is 13.3. The summed E-state index contributed by atoms with van der Waals surface area (Å²) in [6, 6.07) is 0. The van der Waals surface area contributed by atoms with Crippen LogP contribution in [0.15, 0.2) is 0 Å². The van der Waals surface area contributed by atoms with Gasteiger partial charge in [0.05, 0.1) is 12.2 Å². The maximum atomic E-state index is 6.09. The summed E-state index contributed by atoms with van der Waals surface area (Å²) in [6.45, 7) is 5.91. The van der Waals surface area contributed by atoms with E-state index in [0.29, 0.717) is 0 Å².